The number of fused-ring (bicyclic) bond motifs is 1. The lowest BCUT2D eigenvalue weighted by Gasteiger charge is -2.05. The second-order valence-electron chi connectivity index (χ2n) is 4.29. The fraction of sp³-hybridized carbons (Fsp3) is 0.538. The molecule has 0 saturated heterocycles. The van der Waals surface area contributed by atoms with Crippen LogP contribution in [0.5, 0.6) is 0 Å². The zero-order valence-corrected chi connectivity index (χ0v) is 12.2. The van der Waals surface area contributed by atoms with Crippen molar-refractivity contribution in [3.8, 4) is 0 Å². The minimum atomic E-state index is 0.465. The summed E-state index contributed by atoms with van der Waals surface area (Å²) in [5.74, 6) is 1.43. The summed E-state index contributed by atoms with van der Waals surface area (Å²) in [6.45, 7) is 6.52. The minimum Gasteiger partial charge on any atom is -0.212 e. The predicted octanol–water partition coefficient (Wildman–Crippen LogP) is 3.96. The maximum Gasteiger partial charge on any atom is 0.157 e. The van der Waals surface area contributed by atoms with Crippen LogP contribution in [-0.4, -0.2) is 14.6 Å². The number of aromatic nitrogens is 3. The van der Waals surface area contributed by atoms with Crippen molar-refractivity contribution in [2.24, 2.45) is 0 Å². The molecule has 0 radical (unpaired) electrons. The van der Waals surface area contributed by atoms with Gasteiger partial charge in [0.25, 0.3) is 0 Å². The maximum atomic E-state index is 4.65. The van der Waals surface area contributed by atoms with Gasteiger partial charge in [0.15, 0.2) is 11.5 Å². The van der Waals surface area contributed by atoms with Gasteiger partial charge in [-0.15, -0.1) is 5.10 Å². The Labute approximate surface area is 110 Å². The van der Waals surface area contributed by atoms with Gasteiger partial charge >= 0.3 is 0 Å². The van der Waals surface area contributed by atoms with E-state index < -0.39 is 0 Å². The third kappa shape index (κ3) is 2.37. The van der Waals surface area contributed by atoms with Crippen LogP contribution in [0.15, 0.2) is 16.7 Å². The Kier molecular flexibility index (Phi) is 3.82. The molecule has 0 aliphatic carbocycles. The number of hydrogen-bond donors (Lipinski definition) is 0. The van der Waals surface area contributed by atoms with Crippen molar-refractivity contribution in [2.75, 3.05) is 0 Å². The van der Waals surface area contributed by atoms with E-state index in [4.69, 9.17) is 0 Å². The highest BCUT2D eigenvalue weighted by atomic mass is 79.9. The molecule has 3 nitrogen and oxygen atoms in total. The van der Waals surface area contributed by atoms with Gasteiger partial charge in [-0.25, -0.2) is 9.50 Å². The van der Waals surface area contributed by atoms with E-state index in [0.29, 0.717) is 5.92 Å². The smallest absolute Gasteiger partial charge is 0.157 e. The molecule has 0 N–H and O–H groups in total. The second-order valence-corrected chi connectivity index (χ2v) is 5.11. The molecule has 0 saturated carbocycles. The molecular weight excluding hydrogens is 278 g/mol. The SMILES string of the molecule is CCc1cc(Br)n2nc(C(CC)CC)nc2c1. The van der Waals surface area contributed by atoms with Crippen LogP contribution in [0, 0.1) is 0 Å². The van der Waals surface area contributed by atoms with Gasteiger partial charge in [0.2, 0.25) is 0 Å². The quantitative estimate of drug-likeness (QED) is 0.799. The summed E-state index contributed by atoms with van der Waals surface area (Å²) in [5.41, 5.74) is 2.23. The minimum absolute atomic E-state index is 0.465. The van der Waals surface area contributed by atoms with Crippen LogP contribution in [0.2, 0.25) is 0 Å². The van der Waals surface area contributed by atoms with E-state index >= 15 is 0 Å². The Morgan fingerprint density at radius 1 is 1.24 bits per heavy atom. The molecule has 0 fully saturated rings. The van der Waals surface area contributed by atoms with E-state index in [9.17, 15) is 0 Å². The zero-order chi connectivity index (χ0) is 12.4. The topological polar surface area (TPSA) is 30.2 Å². The van der Waals surface area contributed by atoms with Gasteiger partial charge in [0.1, 0.15) is 4.60 Å². The van der Waals surface area contributed by atoms with Gasteiger partial charge in [-0.05, 0) is 52.9 Å². The molecule has 0 aliphatic heterocycles. The van der Waals surface area contributed by atoms with Crippen molar-refractivity contribution in [1.29, 1.82) is 0 Å². The average molecular weight is 296 g/mol. The summed E-state index contributed by atoms with van der Waals surface area (Å²) in [6.07, 6.45) is 3.19. The molecule has 0 unspecified atom stereocenters. The molecule has 4 heteroatoms. The highest BCUT2D eigenvalue weighted by molar-refractivity contribution is 9.10. The lowest BCUT2D eigenvalue weighted by molar-refractivity contribution is 0.600. The molecule has 2 aromatic rings. The summed E-state index contributed by atoms with van der Waals surface area (Å²) in [4.78, 5) is 4.65. The van der Waals surface area contributed by atoms with Crippen molar-refractivity contribution in [3.63, 3.8) is 0 Å². The van der Waals surface area contributed by atoms with Crippen molar-refractivity contribution in [2.45, 2.75) is 46.0 Å². The molecule has 92 valence electrons. The van der Waals surface area contributed by atoms with Crippen LogP contribution in [-0.2, 0) is 6.42 Å². The van der Waals surface area contributed by atoms with Gasteiger partial charge in [-0.2, -0.15) is 0 Å². The summed E-state index contributed by atoms with van der Waals surface area (Å²) in [7, 11) is 0. The molecule has 0 bridgehead atoms. The zero-order valence-electron chi connectivity index (χ0n) is 10.6. The number of halogens is 1. The number of pyridine rings is 1. The largest absolute Gasteiger partial charge is 0.212 e. The molecule has 0 aliphatic rings. The van der Waals surface area contributed by atoms with E-state index in [1.807, 2.05) is 4.52 Å². The van der Waals surface area contributed by atoms with E-state index in [0.717, 1.165) is 35.3 Å². The van der Waals surface area contributed by atoms with Gasteiger partial charge in [-0.3, -0.25) is 0 Å². The Balaban J connectivity index is 2.53. The summed E-state index contributed by atoms with van der Waals surface area (Å²) in [6, 6.07) is 4.22. The molecule has 0 aromatic carbocycles. The van der Waals surface area contributed by atoms with Crippen LogP contribution in [0.4, 0.5) is 0 Å². The van der Waals surface area contributed by atoms with Crippen LogP contribution in [0.25, 0.3) is 5.65 Å². The van der Waals surface area contributed by atoms with Gasteiger partial charge < -0.3 is 0 Å². The number of nitrogens with zero attached hydrogens (tertiary/aromatic N) is 3. The number of rotatable bonds is 4. The van der Waals surface area contributed by atoms with E-state index in [1.54, 1.807) is 0 Å². The monoisotopic (exact) mass is 295 g/mol. The first-order valence-electron chi connectivity index (χ1n) is 6.24. The molecule has 2 heterocycles. The van der Waals surface area contributed by atoms with Crippen LogP contribution < -0.4 is 0 Å². The van der Waals surface area contributed by atoms with Crippen LogP contribution in [0.3, 0.4) is 0 Å². The molecule has 2 aromatic heterocycles. The third-order valence-electron chi connectivity index (χ3n) is 3.23. The normalized spacial score (nSPS) is 11.6. The number of aryl methyl sites for hydroxylation is 1. The summed E-state index contributed by atoms with van der Waals surface area (Å²) < 4.78 is 2.86. The highest BCUT2D eigenvalue weighted by Gasteiger charge is 2.14. The van der Waals surface area contributed by atoms with Gasteiger partial charge in [-0.1, -0.05) is 20.8 Å². The predicted molar refractivity (Wildman–Crippen MR) is 73.4 cm³/mol. The van der Waals surface area contributed by atoms with E-state index in [2.05, 4.69) is 58.9 Å². The first kappa shape index (κ1) is 12.6. The second kappa shape index (κ2) is 5.17. The van der Waals surface area contributed by atoms with Crippen LogP contribution >= 0.6 is 15.9 Å². The van der Waals surface area contributed by atoms with Crippen molar-refractivity contribution < 1.29 is 0 Å². The van der Waals surface area contributed by atoms with Gasteiger partial charge in [0, 0.05) is 5.92 Å². The Morgan fingerprint density at radius 2 is 1.94 bits per heavy atom. The van der Waals surface area contributed by atoms with Gasteiger partial charge in [0.05, 0.1) is 0 Å². The first-order valence-corrected chi connectivity index (χ1v) is 7.03. The Bertz CT molecular complexity index is 515. The standard InChI is InChI=1S/C13H18BrN3/c1-4-9-7-11(14)17-12(8-9)15-13(16-17)10(5-2)6-3/h7-8,10H,4-6H2,1-3H3. The van der Waals surface area contributed by atoms with Crippen molar-refractivity contribution in [1.82, 2.24) is 14.6 Å². The fourth-order valence-electron chi connectivity index (χ4n) is 2.04. The maximum absolute atomic E-state index is 4.65. The Hall–Kier alpha value is -0.900. The Morgan fingerprint density at radius 3 is 2.53 bits per heavy atom. The molecule has 0 spiro atoms. The molecule has 0 atom stereocenters. The summed E-state index contributed by atoms with van der Waals surface area (Å²) >= 11 is 3.56. The molecule has 17 heavy (non-hydrogen) atoms. The van der Waals surface area contributed by atoms with Crippen molar-refractivity contribution in [3.05, 3.63) is 28.1 Å². The average Bonchev–Trinajstić information content (AvgIpc) is 2.75. The molecule has 0 amide bonds. The number of hydrogen-bond acceptors (Lipinski definition) is 2. The fourth-order valence-corrected chi connectivity index (χ4v) is 2.60. The van der Waals surface area contributed by atoms with E-state index in [-0.39, 0.29) is 0 Å². The third-order valence-corrected chi connectivity index (χ3v) is 3.79. The van der Waals surface area contributed by atoms with E-state index in [1.165, 1.54) is 5.56 Å². The highest BCUT2D eigenvalue weighted by Crippen LogP contribution is 2.22. The lowest BCUT2D eigenvalue weighted by atomic mass is 10.0. The van der Waals surface area contributed by atoms with Crippen molar-refractivity contribution >= 4 is 21.6 Å². The molecule has 2 rings (SSSR count). The molecular formula is C13H18BrN3. The summed E-state index contributed by atoms with van der Waals surface area (Å²) in [5, 5.41) is 4.59. The van der Waals surface area contributed by atoms with Crippen LogP contribution in [0.1, 0.15) is 50.9 Å². The first-order chi connectivity index (χ1) is 8.19. The lowest BCUT2D eigenvalue weighted by Crippen LogP contribution is -1.99.